The lowest BCUT2D eigenvalue weighted by Gasteiger charge is -2.08. The number of H-pyrrole nitrogens is 1. The summed E-state index contributed by atoms with van der Waals surface area (Å²) in [5.41, 5.74) is 1.82. The SMILES string of the molecule is O=C(O)CSc1n[nH]c(-c2ccc(-c3cc(Cl)cc(OCc4ccccc4)c3)o2)n1. The second-order valence-electron chi connectivity index (χ2n) is 6.26. The summed E-state index contributed by atoms with van der Waals surface area (Å²) in [6.07, 6.45) is 0. The number of hydrogen-bond donors (Lipinski definition) is 2. The summed E-state index contributed by atoms with van der Waals surface area (Å²) < 4.78 is 11.8. The van der Waals surface area contributed by atoms with Crippen molar-refractivity contribution < 1.29 is 19.1 Å². The third-order valence-corrected chi connectivity index (χ3v) is 5.08. The number of halogens is 1. The molecular formula is C21H16ClN3O4S. The maximum atomic E-state index is 10.7. The minimum absolute atomic E-state index is 0.116. The molecule has 0 spiro atoms. The van der Waals surface area contributed by atoms with Crippen LogP contribution in [0.1, 0.15) is 5.56 Å². The molecule has 0 amide bonds. The predicted molar refractivity (Wildman–Crippen MR) is 114 cm³/mol. The lowest BCUT2D eigenvalue weighted by atomic mass is 10.1. The highest BCUT2D eigenvalue weighted by molar-refractivity contribution is 7.99. The van der Waals surface area contributed by atoms with Crippen molar-refractivity contribution in [2.45, 2.75) is 11.8 Å². The molecule has 4 rings (SSSR count). The van der Waals surface area contributed by atoms with Crippen LogP contribution in [0, 0.1) is 0 Å². The topological polar surface area (TPSA) is 101 Å². The van der Waals surface area contributed by atoms with E-state index in [0.29, 0.717) is 39.9 Å². The zero-order chi connectivity index (χ0) is 20.9. The molecule has 152 valence electrons. The van der Waals surface area contributed by atoms with Crippen molar-refractivity contribution >= 4 is 29.3 Å². The van der Waals surface area contributed by atoms with Gasteiger partial charge in [0.05, 0.1) is 5.75 Å². The van der Waals surface area contributed by atoms with Crippen molar-refractivity contribution in [2.75, 3.05) is 5.75 Å². The molecule has 0 aliphatic carbocycles. The summed E-state index contributed by atoms with van der Waals surface area (Å²) in [5.74, 6) is 1.06. The molecule has 2 N–H and O–H groups in total. The molecule has 2 aromatic heterocycles. The number of nitrogens with zero attached hydrogens (tertiary/aromatic N) is 2. The normalized spacial score (nSPS) is 10.8. The lowest BCUT2D eigenvalue weighted by Crippen LogP contribution is -1.97. The highest BCUT2D eigenvalue weighted by Crippen LogP contribution is 2.32. The van der Waals surface area contributed by atoms with Gasteiger partial charge in [-0.25, -0.2) is 0 Å². The van der Waals surface area contributed by atoms with Gasteiger partial charge in [-0.2, -0.15) is 4.98 Å². The molecule has 0 aliphatic heterocycles. The molecule has 0 bridgehead atoms. The van der Waals surface area contributed by atoms with Crippen LogP contribution in [0.4, 0.5) is 0 Å². The molecule has 7 nitrogen and oxygen atoms in total. The zero-order valence-electron chi connectivity index (χ0n) is 15.5. The average Bonchev–Trinajstić information content (AvgIpc) is 3.41. The van der Waals surface area contributed by atoms with Crippen LogP contribution in [0.5, 0.6) is 5.75 Å². The van der Waals surface area contributed by atoms with E-state index in [4.69, 9.17) is 25.9 Å². The smallest absolute Gasteiger partial charge is 0.313 e. The Bertz CT molecular complexity index is 1160. The average molecular weight is 442 g/mol. The van der Waals surface area contributed by atoms with Gasteiger partial charge in [-0.15, -0.1) is 5.10 Å². The van der Waals surface area contributed by atoms with Crippen molar-refractivity contribution in [1.82, 2.24) is 15.2 Å². The van der Waals surface area contributed by atoms with Gasteiger partial charge in [0.1, 0.15) is 18.1 Å². The Morgan fingerprint density at radius 1 is 1.13 bits per heavy atom. The van der Waals surface area contributed by atoms with Gasteiger partial charge in [-0.05, 0) is 35.9 Å². The van der Waals surface area contributed by atoms with E-state index in [0.717, 1.165) is 22.9 Å². The number of furan rings is 1. The highest BCUT2D eigenvalue weighted by Gasteiger charge is 2.13. The molecule has 0 saturated carbocycles. The van der Waals surface area contributed by atoms with E-state index < -0.39 is 5.97 Å². The molecule has 30 heavy (non-hydrogen) atoms. The van der Waals surface area contributed by atoms with Gasteiger partial charge in [-0.1, -0.05) is 53.7 Å². The van der Waals surface area contributed by atoms with Crippen LogP contribution in [-0.4, -0.2) is 32.0 Å². The summed E-state index contributed by atoms with van der Waals surface area (Å²) in [5, 5.41) is 16.4. The number of carbonyl (C=O) groups is 1. The number of thioether (sulfide) groups is 1. The Morgan fingerprint density at radius 2 is 1.93 bits per heavy atom. The minimum atomic E-state index is -0.933. The van der Waals surface area contributed by atoms with Crippen LogP contribution in [0.15, 0.2) is 70.2 Å². The summed E-state index contributed by atoms with van der Waals surface area (Å²) >= 11 is 7.29. The van der Waals surface area contributed by atoms with Crippen molar-refractivity contribution in [3.8, 4) is 28.7 Å². The molecule has 0 unspecified atom stereocenters. The Balaban J connectivity index is 1.50. The largest absolute Gasteiger partial charge is 0.489 e. The maximum absolute atomic E-state index is 10.7. The number of benzene rings is 2. The highest BCUT2D eigenvalue weighted by atomic mass is 35.5. The van der Waals surface area contributed by atoms with Crippen molar-refractivity contribution in [3.63, 3.8) is 0 Å². The summed E-state index contributed by atoms with van der Waals surface area (Å²) in [7, 11) is 0. The maximum Gasteiger partial charge on any atom is 0.313 e. The quantitative estimate of drug-likeness (QED) is 0.365. The fourth-order valence-electron chi connectivity index (χ4n) is 2.70. The number of ether oxygens (including phenoxy) is 1. The van der Waals surface area contributed by atoms with Crippen molar-refractivity contribution in [1.29, 1.82) is 0 Å². The number of aromatic amines is 1. The van der Waals surface area contributed by atoms with E-state index in [2.05, 4.69) is 15.2 Å². The van der Waals surface area contributed by atoms with Crippen LogP contribution < -0.4 is 4.74 Å². The van der Waals surface area contributed by atoms with Crippen LogP contribution in [0.2, 0.25) is 5.02 Å². The number of aliphatic carboxylic acids is 1. The summed E-state index contributed by atoms with van der Waals surface area (Å²) in [4.78, 5) is 14.9. The van der Waals surface area contributed by atoms with Gasteiger partial charge in [0, 0.05) is 10.6 Å². The third kappa shape index (κ3) is 5.03. The van der Waals surface area contributed by atoms with Gasteiger partial charge in [0.2, 0.25) is 5.16 Å². The first kappa shape index (κ1) is 20.1. The van der Waals surface area contributed by atoms with E-state index in [1.54, 1.807) is 24.3 Å². The van der Waals surface area contributed by atoms with Crippen LogP contribution in [0.3, 0.4) is 0 Å². The molecule has 9 heteroatoms. The third-order valence-electron chi connectivity index (χ3n) is 4.03. The molecule has 2 aromatic carbocycles. The van der Waals surface area contributed by atoms with Crippen LogP contribution in [-0.2, 0) is 11.4 Å². The Labute approximate surface area is 181 Å². The monoisotopic (exact) mass is 441 g/mol. The molecule has 0 fully saturated rings. The number of carboxylic acid groups (broad SMARTS) is 1. The molecule has 0 aliphatic rings. The number of rotatable bonds is 8. The zero-order valence-corrected chi connectivity index (χ0v) is 17.1. The number of nitrogens with one attached hydrogen (secondary N) is 1. The fraction of sp³-hybridized carbons (Fsp3) is 0.0952. The molecule has 0 atom stereocenters. The number of aromatic nitrogens is 3. The second-order valence-corrected chi connectivity index (χ2v) is 7.64. The molecular weight excluding hydrogens is 426 g/mol. The number of carboxylic acids is 1. The van der Waals surface area contributed by atoms with Gasteiger partial charge in [0.15, 0.2) is 11.6 Å². The molecule has 0 radical (unpaired) electrons. The lowest BCUT2D eigenvalue weighted by molar-refractivity contribution is -0.133. The first-order valence-electron chi connectivity index (χ1n) is 8.92. The first-order chi connectivity index (χ1) is 14.6. The summed E-state index contributed by atoms with van der Waals surface area (Å²) in [6.45, 7) is 0.429. The minimum Gasteiger partial charge on any atom is -0.489 e. The fourth-order valence-corrected chi connectivity index (χ4v) is 3.44. The Kier molecular flexibility index (Phi) is 6.06. The van der Waals surface area contributed by atoms with Crippen LogP contribution in [0.25, 0.3) is 22.9 Å². The van der Waals surface area contributed by atoms with Gasteiger partial charge in [0.25, 0.3) is 0 Å². The van der Waals surface area contributed by atoms with Gasteiger partial charge >= 0.3 is 5.97 Å². The molecule has 2 heterocycles. The van der Waals surface area contributed by atoms with E-state index >= 15 is 0 Å². The Morgan fingerprint density at radius 3 is 2.73 bits per heavy atom. The van der Waals surface area contributed by atoms with E-state index in [-0.39, 0.29) is 5.75 Å². The van der Waals surface area contributed by atoms with E-state index in [1.807, 2.05) is 36.4 Å². The molecule has 0 saturated heterocycles. The van der Waals surface area contributed by atoms with Gasteiger partial charge in [-0.3, -0.25) is 9.89 Å². The van der Waals surface area contributed by atoms with Gasteiger partial charge < -0.3 is 14.3 Å². The Hall–Kier alpha value is -3.23. The van der Waals surface area contributed by atoms with Crippen molar-refractivity contribution in [2.24, 2.45) is 0 Å². The van der Waals surface area contributed by atoms with Crippen LogP contribution >= 0.6 is 23.4 Å². The first-order valence-corrected chi connectivity index (χ1v) is 10.3. The van der Waals surface area contributed by atoms with E-state index in [9.17, 15) is 4.79 Å². The molecule has 4 aromatic rings. The second kappa shape index (κ2) is 9.06. The summed E-state index contributed by atoms with van der Waals surface area (Å²) in [6, 6.07) is 18.8. The van der Waals surface area contributed by atoms with E-state index in [1.165, 1.54) is 0 Å². The number of hydrogen-bond acceptors (Lipinski definition) is 6. The van der Waals surface area contributed by atoms with Crippen molar-refractivity contribution in [3.05, 3.63) is 71.2 Å². The predicted octanol–water partition coefficient (Wildman–Crippen LogP) is 5.14. The standard InChI is InChI=1S/C21H16ClN3O4S/c22-15-8-14(9-16(10-15)28-11-13-4-2-1-3-5-13)17-6-7-18(29-17)20-23-21(25-24-20)30-12-19(26)27/h1-10H,11-12H2,(H,26,27)(H,23,24,25).